The first-order valence-electron chi connectivity index (χ1n) is 6.41. The van der Waals surface area contributed by atoms with E-state index in [2.05, 4.69) is 21.8 Å². The van der Waals surface area contributed by atoms with E-state index < -0.39 is 10.0 Å². The number of hydrogen-bond acceptors (Lipinski definition) is 4. The Balaban J connectivity index is 1.84. The summed E-state index contributed by atoms with van der Waals surface area (Å²) < 4.78 is 30.2. The number of rotatable bonds is 5. The maximum absolute atomic E-state index is 11.0. The molecular formula is C13H20N2O3S. The predicted molar refractivity (Wildman–Crippen MR) is 75.9 cm³/mol. The van der Waals surface area contributed by atoms with Gasteiger partial charge in [0.05, 0.1) is 19.0 Å². The molecule has 6 heteroatoms. The maximum Gasteiger partial charge on any atom is 0.208 e. The molecule has 1 aliphatic heterocycles. The second-order valence-electron chi connectivity index (χ2n) is 4.73. The van der Waals surface area contributed by atoms with Crippen molar-refractivity contribution in [3.05, 3.63) is 30.3 Å². The molecule has 1 fully saturated rings. The van der Waals surface area contributed by atoms with Gasteiger partial charge in [-0.05, 0) is 18.6 Å². The Morgan fingerprint density at radius 3 is 2.79 bits per heavy atom. The van der Waals surface area contributed by atoms with Gasteiger partial charge >= 0.3 is 0 Å². The summed E-state index contributed by atoms with van der Waals surface area (Å²) in [5.74, 6) is 0. The summed E-state index contributed by atoms with van der Waals surface area (Å²) >= 11 is 0. The monoisotopic (exact) mass is 284 g/mol. The minimum atomic E-state index is -3.11. The molecule has 0 spiro atoms. The third-order valence-corrected chi connectivity index (χ3v) is 3.82. The summed E-state index contributed by atoms with van der Waals surface area (Å²) in [6, 6.07) is 10.2. The number of para-hydroxylation sites is 1. The molecule has 0 amide bonds. The molecule has 1 N–H and O–H groups in total. The van der Waals surface area contributed by atoms with Crippen molar-refractivity contribution < 1.29 is 13.2 Å². The number of nitrogens with zero attached hydrogens (tertiary/aromatic N) is 1. The molecule has 0 aliphatic carbocycles. The van der Waals surface area contributed by atoms with Crippen LogP contribution in [0.1, 0.15) is 6.42 Å². The molecule has 5 nitrogen and oxygen atoms in total. The molecule has 1 aromatic rings. The van der Waals surface area contributed by atoms with Crippen molar-refractivity contribution in [1.82, 2.24) is 4.72 Å². The van der Waals surface area contributed by atoms with Gasteiger partial charge < -0.3 is 9.64 Å². The number of benzene rings is 1. The molecule has 1 atom stereocenters. The van der Waals surface area contributed by atoms with Crippen molar-refractivity contribution in [1.29, 1.82) is 0 Å². The highest BCUT2D eigenvalue weighted by atomic mass is 32.2. The number of sulfonamides is 1. The second-order valence-corrected chi connectivity index (χ2v) is 6.56. The summed E-state index contributed by atoms with van der Waals surface area (Å²) in [6.45, 7) is 2.78. The van der Waals surface area contributed by atoms with E-state index in [4.69, 9.17) is 4.74 Å². The molecule has 0 bridgehead atoms. The number of hydrogen-bond donors (Lipinski definition) is 1. The van der Waals surface area contributed by atoms with Crippen LogP contribution in [-0.2, 0) is 14.8 Å². The lowest BCUT2D eigenvalue weighted by molar-refractivity contribution is 0.0363. The average Bonchev–Trinajstić information content (AvgIpc) is 2.39. The van der Waals surface area contributed by atoms with Gasteiger partial charge in [0.1, 0.15) is 0 Å². The van der Waals surface area contributed by atoms with Crippen LogP contribution in [0.4, 0.5) is 5.69 Å². The van der Waals surface area contributed by atoms with E-state index >= 15 is 0 Å². The highest BCUT2D eigenvalue weighted by molar-refractivity contribution is 7.88. The lowest BCUT2D eigenvalue weighted by Crippen LogP contribution is -2.43. The minimum Gasteiger partial charge on any atom is -0.374 e. The van der Waals surface area contributed by atoms with Gasteiger partial charge in [0, 0.05) is 25.3 Å². The van der Waals surface area contributed by atoms with E-state index in [1.807, 2.05) is 18.2 Å². The van der Waals surface area contributed by atoms with Gasteiger partial charge in [-0.1, -0.05) is 18.2 Å². The Morgan fingerprint density at radius 1 is 1.37 bits per heavy atom. The van der Waals surface area contributed by atoms with Crippen LogP contribution < -0.4 is 9.62 Å². The zero-order valence-electron chi connectivity index (χ0n) is 11.1. The van der Waals surface area contributed by atoms with Gasteiger partial charge in [0.15, 0.2) is 0 Å². The van der Waals surface area contributed by atoms with E-state index in [1.165, 1.54) is 11.9 Å². The first-order chi connectivity index (χ1) is 9.04. The maximum atomic E-state index is 11.0. The summed E-state index contributed by atoms with van der Waals surface area (Å²) in [5, 5.41) is 0. The standard InChI is InChI=1S/C13H20N2O3S/c1-19(16,17)14-8-7-13-11-15(9-10-18-13)12-5-3-2-4-6-12/h2-6,13-14H,7-11H2,1H3. The molecule has 0 radical (unpaired) electrons. The zero-order chi connectivity index (χ0) is 13.7. The van der Waals surface area contributed by atoms with Crippen molar-refractivity contribution in [3.8, 4) is 0 Å². The predicted octanol–water partition coefficient (Wildman–Crippen LogP) is 0.831. The topological polar surface area (TPSA) is 58.6 Å². The molecule has 1 unspecified atom stereocenters. The average molecular weight is 284 g/mol. The molecule has 2 rings (SSSR count). The van der Waals surface area contributed by atoms with E-state index in [-0.39, 0.29) is 6.10 Å². The summed E-state index contributed by atoms with van der Waals surface area (Å²) in [4.78, 5) is 2.27. The van der Waals surface area contributed by atoms with Crippen LogP contribution in [0, 0.1) is 0 Å². The van der Waals surface area contributed by atoms with E-state index in [0.717, 1.165) is 13.1 Å². The van der Waals surface area contributed by atoms with Gasteiger partial charge in [-0.15, -0.1) is 0 Å². The summed E-state index contributed by atoms with van der Waals surface area (Å²) in [5.41, 5.74) is 1.19. The Hall–Kier alpha value is -1.11. The molecule has 1 saturated heterocycles. The summed E-state index contributed by atoms with van der Waals surface area (Å²) in [7, 11) is -3.11. The third-order valence-electron chi connectivity index (χ3n) is 3.09. The smallest absolute Gasteiger partial charge is 0.208 e. The highest BCUT2D eigenvalue weighted by Gasteiger charge is 2.20. The lowest BCUT2D eigenvalue weighted by atomic mass is 10.2. The highest BCUT2D eigenvalue weighted by Crippen LogP contribution is 2.18. The van der Waals surface area contributed by atoms with Crippen LogP contribution in [0.5, 0.6) is 0 Å². The van der Waals surface area contributed by atoms with Crippen LogP contribution in [0.3, 0.4) is 0 Å². The molecule has 19 heavy (non-hydrogen) atoms. The molecule has 1 aliphatic rings. The second kappa shape index (κ2) is 6.36. The van der Waals surface area contributed by atoms with Crippen molar-refractivity contribution >= 4 is 15.7 Å². The van der Waals surface area contributed by atoms with Crippen molar-refractivity contribution in [2.24, 2.45) is 0 Å². The first-order valence-corrected chi connectivity index (χ1v) is 8.30. The van der Waals surface area contributed by atoms with Gasteiger partial charge in [-0.2, -0.15) is 0 Å². The van der Waals surface area contributed by atoms with Crippen molar-refractivity contribution in [2.45, 2.75) is 12.5 Å². The first kappa shape index (κ1) is 14.3. The lowest BCUT2D eigenvalue weighted by Gasteiger charge is -2.34. The SMILES string of the molecule is CS(=O)(=O)NCCC1CN(c2ccccc2)CCO1. The third kappa shape index (κ3) is 4.81. The number of anilines is 1. The van der Waals surface area contributed by atoms with E-state index in [1.54, 1.807) is 0 Å². The van der Waals surface area contributed by atoms with Crippen molar-refractivity contribution in [2.75, 3.05) is 37.4 Å². The van der Waals surface area contributed by atoms with Crippen LogP contribution in [0.25, 0.3) is 0 Å². The Kier molecular flexibility index (Phi) is 4.79. The molecule has 1 heterocycles. The van der Waals surface area contributed by atoms with E-state index in [0.29, 0.717) is 19.6 Å². The van der Waals surface area contributed by atoms with Gasteiger partial charge in [-0.3, -0.25) is 0 Å². The molecule has 106 valence electrons. The molecule has 0 aromatic heterocycles. The van der Waals surface area contributed by atoms with Gasteiger partial charge in [0.25, 0.3) is 0 Å². The van der Waals surface area contributed by atoms with E-state index in [9.17, 15) is 8.42 Å². The van der Waals surface area contributed by atoms with Crippen molar-refractivity contribution in [3.63, 3.8) is 0 Å². The fraction of sp³-hybridized carbons (Fsp3) is 0.538. The Morgan fingerprint density at radius 2 is 2.11 bits per heavy atom. The largest absolute Gasteiger partial charge is 0.374 e. The van der Waals surface area contributed by atoms with Gasteiger partial charge in [-0.25, -0.2) is 13.1 Å². The fourth-order valence-electron chi connectivity index (χ4n) is 2.17. The number of morpholine rings is 1. The van der Waals surface area contributed by atoms with Crippen LogP contribution in [0.2, 0.25) is 0 Å². The van der Waals surface area contributed by atoms with Crippen LogP contribution in [-0.4, -0.2) is 47.0 Å². The van der Waals surface area contributed by atoms with Gasteiger partial charge in [0.2, 0.25) is 10.0 Å². The normalized spacial score (nSPS) is 20.5. The Bertz CT molecular complexity index is 490. The fourth-order valence-corrected chi connectivity index (χ4v) is 2.66. The number of ether oxygens (including phenoxy) is 1. The quantitative estimate of drug-likeness (QED) is 0.870. The zero-order valence-corrected chi connectivity index (χ0v) is 11.9. The van der Waals surface area contributed by atoms with Crippen LogP contribution >= 0.6 is 0 Å². The molecule has 0 saturated carbocycles. The van der Waals surface area contributed by atoms with Crippen LogP contribution in [0.15, 0.2) is 30.3 Å². The summed E-state index contributed by atoms with van der Waals surface area (Å²) in [6.07, 6.45) is 1.93. The number of nitrogens with one attached hydrogen (secondary N) is 1. The minimum absolute atomic E-state index is 0.0724. The molecule has 1 aromatic carbocycles. The molecular weight excluding hydrogens is 264 g/mol. The Labute approximate surface area is 114 Å².